The van der Waals surface area contributed by atoms with Crippen molar-refractivity contribution in [1.29, 1.82) is 0 Å². The third kappa shape index (κ3) is 7.05. The number of rotatable bonds is 2. The van der Waals surface area contributed by atoms with Gasteiger partial charge in [-0.05, 0) is 19.1 Å². The zero-order chi connectivity index (χ0) is 9.61. The average molecular weight is 180 g/mol. The van der Waals surface area contributed by atoms with Crippen LogP contribution in [-0.4, -0.2) is 6.18 Å². The van der Waals surface area contributed by atoms with E-state index in [0.717, 1.165) is 12.2 Å². The fraction of sp³-hybridized carbons (Fsp3) is 0.250. The van der Waals surface area contributed by atoms with Crippen LogP contribution in [-0.2, 0) is 0 Å². The summed E-state index contributed by atoms with van der Waals surface area (Å²) in [6, 6.07) is 0. The molecule has 0 aliphatic rings. The molecule has 4 heteroatoms. The normalized spacial score (nSPS) is 14.9. The SMILES string of the molecule is C\C=C/C(F)=C\C=C\C(F)(F)F. The molecule has 0 fully saturated rings. The Morgan fingerprint density at radius 2 is 1.83 bits per heavy atom. The second-order valence-electron chi connectivity index (χ2n) is 1.95. The van der Waals surface area contributed by atoms with Gasteiger partial charge in [-0.15, -0.1) is 0 Å². The molecule has 0 spiro atoms. The zero-order valence-corrected chi connectivity index (χ0v) is 6.40. The monoisotopic (exact) mass is 180 g/mol. The maximum absolute atomic E-state index is 12.3. The maximum Gasteiger partial charge on any atom is 0.409 e. The summed E-state index contributed by atoms with van der Waals surface area (Å²) in [6.07, 6.45) is -0.584. The van der Waals surface area contributed by atoms with Gasteiger partial charge in [0.25, 0.3) is 0 Å². The van der Waals surface area contributed by atoms with Crippen LogP contribution < -0.4 is 0 Å². The number of alkyl halides is 3. The van der Waals surface area contributed by atoms with Crippen molar-refractivity contribution in [2.75, 3.05) is 0 Å². The summed E-state index contributed by atoms with van der Waals surface area (Å²) < 4.78 is 46.6. The molecule has 0 radical (unpaired) electrons. The fourth-order valence-corrected chi connectivity index (χ4v) is 0.464. The third-order valence-electron chi connectivity index (χ3n) is 0.867. The second-order valence-corrected chi connectivity index (χ2v) is 1.95. The Morgan fingerprint density at radius 3 is 2.25 bits per heavy atom. The molecule has 0 bridgehead atoms. The summed E-state index contributed by atoms with van der Waals surface area (Å²) in [5.41, 5.74) is 0. The van der Waals surface area contributed by atoms with E-state index in [1.165, 1.54) is 6.08 Å². The highest BCUT2D eigenvalue weighted by atomic mass is 19.4. The molecular weight excluding hydrogens is 172 g/mol. The van der Waals surface area contributed by atoms with Gasteiger partial charge in [0.05, 0.1) is 0 Å². The molecule has 0 rings (SSSR count). The summed E-state index contributed by atoms with van der Waals surface area (Å²) in [7, 11) is 0. The molecule has 0 atom stereocenters. The second kappa shape index (κ2) is 4.74. The quantitative estimate of drug-likeness (QED) is 0.450. The molecule has 0 saturated carbocycles. The first-order valence-corrected chi connectivity index (χ1v) is 3.20. The highest BCUT2D eigenvalue weighted by Gasteiger charge is 2.21. The van der Waals surface area contributed by atoms with Crippen molar-refractivity contribution < 1.29 is 17.6 Å². The standard InChI is InChI=1S/C8H8F4/c1-2-4-7(9)5-3-6-8(10,11)12/h2-6H,1H3/b4-2-,6-3+,7-5+. The van der Waals surface area contributed by atoms with E-state index in [4.69, 9.17) is 0 Å². The van der Waals surface area contributed by atoms with E-state index < -0.39 is 12.0 Å². The van der Waals surface area contributed by atoms with E-state index in [9.17, 15) is 17.6 Å². The van der Waals surface area contributed by atoms with E-state index >= 15 is 0 Å². The van der Waals surface area contributed by atoms with Crippen LogP contribution in [0.3, 0.4) is 0 Å². The average Bonchev–Trinajstić information content (AvgIpc) is 1.84. The molecule has 0 aromatic heterocycles. The smallest absolute Gasteiger partial charge is 0.207 e. The molecule has 0 heterocycles. The number of hydrogen-bond donors (Lipinski definition) is 0. The zero-order valence-electron chi connectivity index (χ0n) is 6.40. The van der Waals surface area contributed by atoms with Crippen molar-refractivity contribution in [1.82, 2.24) is 0 Å². The molecule has 0 aromatic carbocycles. The summed E-state index contributed by atoms with van der Waals surface area (Å²) in [5, 5.41) is 0. The minimum Gasteiger partial charge on any atom is -0.207 e. The molecular formula is C8H8F4. The van der Waals surface area contributed by atoms with Gasteiger partial charge in [-0.2, -0.15) is 13.2 Å². The Morgan fingerprint density at radius 1 is 1.25 bits per heavy atom. The van der Waals surface area contributed by atoms with Gasteiger partial charge in [-0.1, -0.05) is 12.2 Å². The van der Waals surface area contributed by atoms with Gasteiger partial charge in [0.1, 0.15) is 5.83 Å². The van der Waals surface area contributed by atoms with Crippen LogP contribution in [0.5, 0.6) is 0 Å². The molecule has 0 nitrogen and oxygen atoms in total. The van der Waals surface area contributed by atoms with Crippen LogP contribution in [0.1, 0.15) is 6.92 Å². The fourth-order valence-electron chi connectivity index (χ4n) is 0.464. The lowest BCUT2D eigenvalue weighted by Gasteiger charge is -1.94. The molecule has 68 valence electrons. The van der Waals surface area contributed by atoms with E-state index in [0.29, 0.717) is 6.08 Å². The summed E-state index contributed by atoms with van der Waals surface area (Å²) >= 11 is 0. The summed E-state index contributed by atoms with van der Waals surface area (Å²) in [4.78, 5) is 0. The van der Waals surface area contributed by atoms with E-state index in [1.54, 1.807) is 6.92 Å². The number of halogens is 4. The van der Waals surface area contributed by atoms with E-state index in [-0.39, 0.29) is 6.08 Å². The summed E-state index contributed by atoms with van der Waals surface area (Å²) in [5.74, 6) is -0.710. The first-order chi connectivity index (χ1) is 5.45. The van der Waals surface area contributed by atoms with Gasteiger partial charge in [-0.3, -0.25) is 0 Å². The summed E-state index contributed by atoms with van der Waals surface area (Å²) in [6.45, 7) is 1.57. The Hall–Kier alpha value is -1.06. The molecule has 0 aromatic rings. The lowest BCUT2D eigenvalue weighted by atomic mass is 10.4. The third-order valence-corrected chi connectivity index (χ3v) is 0.867. The Labute approximate surface area is 67.9 Å². The van der Waals surface area contributed by atoms with Gasteiger partial charge in [0.15, 0.2) is 0 Å². The van der Waals surface area contributed by atoms with Gasteiger partial charge >= 0.3 is 6.18 Å². The molecule has 0 saturated heterocycles. The molecule has 0 aliphatic carbocycles. The van der Waals surface area contributed by atoms with E-state index in [2.05, 4.69) is 0 Å². The van der Waals surface area contributed by atoms with Crippen molar-refractivity contribution in [2.24, 2.45) is 0 Å². The van der Waals surface area contributed by atoms with Gasteiger partial charge in [0, 0.05) is 6.08 Å². The highest BCUT2D eigenvalue weighted by molar-refractivity contribution is 5.17. The van der Waals surface area contributed by atoms with Crippen LogP contribution in [0.15, 0.2) is 36.2 Å². The molecule has 0 aliphatic heterocycles. The minimum atomic E-state index is -4.38. The first-order valence-electron chi connectivity index (χ1n) is 3.20. The van der Waals surface area contributed by atoms with Gasteiger partial charge in [0.2, 0.25) is 0 Å². The lowest BCUT2D eigenvalue weighted by Crippen LogP contribution is -1.99. The Bertz CT molecular complexity index is 208. The highest BCUT2D eigenvalue weighted by Crippen LogP contribution is 2.16. The number of allylic oxidation sites excluding steroid dienone is 6. The number of hydrogen-bond acceptors (Lipinski definition) is 0. The van der Waals surface area contributed by atoms with Crippen molar-refractivity contribution >= 4 is 0 Å². The largest absolute Gasteiger partial charge is 0.409 e. The van der Waals surface area contributed by atoms with Gasteiger partial charge < -0.3 is 0 Å². The molecule has 12 heavy (non-hydrogen) atoms. The van der Waals surface area contributed by atoms with Crippen LogP contribution in [0.25, 0.3) is 0 Å². The predicted octanol–water partition coefficient (Wildman–Crippen LogP) is 3.53. The lowest BCUT2D eigenvalue weighted by molar-refractivity contribution is -0.0798. The van der Waals surface area contributed by atoms with Crippen LogP contribution in [0.2, 0.25) is 0 Å². The van der Waals surface area contributed by atoms with Crippen molar-refractivity contribution in [3.63, 3.8) is 0 Å². The molecule has 0 amide bonds. The topological polar surface area (TPSA) is 0 Å². The first kappa shape index (κ1) is 10.9. The molecule has 0 N–H and O–H groups in total. The van der Waals surface area contributed by atoms with Gasteiger partial charge in [-0.25, -0.2) is 4.39 Å². The van der Waals surface area contributed by atoms with Crippen LogP contribution >= 0.6 is 0 Å². The van der Waals surface area contributed by atoms with Crippen molar-refractivity contribution in [3.8, 4) is 0 Å². The maximum atomic E-state index is 12.3. The van der Waals surface area contributed by atoms with Crippen molar-refractivity contribution in [3.05, 3.63) is 36.2 Å². The molecule has 0 unspecified atom stereocenters. The predicted molar refractivity (Wildman–Crippen MR) is 39.2 cm³/mol. The van der Waals surface area contributed by atoms with Crippen LogP contribution in [0, 0.1) is 0 Å². The van der Waals surface area contributed by atoms with Crippen LogP contribution in [0.4, 0.5) is 17.6 Å². The Balaban J connectivity index is 4.12. The van der Waals surface area contributed by atoms with Crippen molar-refractivity contribution in [2.45, 2.75) is 13.1 Å². The Kier molecular flexibility index (Phi) is 4.33. The minimum absolute atomic E-state index is 0.0317. The van der Waals surface area contributed by atoms with E-state index in [1.807, 2.05) is 0 Å².